The Balaban J connectivity index is 1.46. The summed E-state index contributed by atoms with van der Waals surface area (Å²) in [6.07, 6.45) is 5.40. The number of rotatable bonds is 3. The molecule has 0 atom stereocenters. The summed E-state index contributed by atoms with van der Waals surface area (Å²) in [7, 11) is 0. The predicted molar refractivity (Wildman–Crippen MR) is 78.7 cm³/mol. The van der Waals surface area contributed by atoms with Crippen LogP contribution in [0.1, 0.15) is 32.1 Å². The van der Waals surface area contributed by atoms with Crippen LogP contribution in [0, 0.1) is 5.92 Å². The molecule has 1 heterocycles. The molecule has 1 spiro atoms. The van der Waals surface area contributed by atoms with Gasteiger partial charge in [0.15, 0.2) is 0 Å². The second-order valence-electron chi connectivity index (χ2n) is 5.49. The molecule has 2 aliphatic rings. The van der Waals surface area contributed by atoms with E-state index in [1.54, 1.807) is 0 Å². The third kappa shape index (κ3) is 3.11. The average molecular weight is 324 g/mol. The highest BCUT2D eigenvalue weighted by molar-refractivity contribution is 9.18. The van der Waals surface area contributed by atoms with Crippen LogP contribution in [0.3, 0.4) is 0 Å². The van der Waals surface area contributed by atoms with Crippen molar-refractivity contribution in [2.45, 2.75) is 37.7 Å². The summed E-state index contributed by atoms with van der Waals surface area (Å²) in [6.45, 7) is 0.808. The summed E-state index contributed by atoms with van der Waals surface area (Å²) in [4.78, 5) is 5.61. The Hall–Kier alpha value is -1.03. The smallest absolute Gasteiger partial charge is 0.144 e. The van der Waals surface area contributed by atoms with E-state index in [0.29, 0.717) is 5.92 Å². The first-order valence-electron chi connectivity index (χ1n) is 6.84. The molecule has 0 amide bonds. The van der Waals surface area contributed by atoms with Crippen molar-refractivity contribution in [3.63, 3.8) is 0 Å². The van der Waals surface area contributed by atoms with Gasteiger partial charge in [-0.25, -0.2) is 0 Å². The van der Waals surface area contributed by atoms with E-state index >= 15 is 0 Å². The van der Waals surface area contributed by atoms with E-state index in [0.717, 1.165) is 49.1 Å². The topological polar surface area (TPSA) is 30.8 Å². The molecule has 1 aromatic carbocycles. The lowest BCUT2D eigenvalue weighted by Gasteiger charge is -2.34. The third-order valence-electron chi connectivity index (χ3n) is 4.05. The van der Waals surface area contributed by atoms with E-state index in [1.807, 2.05) is 30.3 Å². The molecule has 0 bridgehead atoms. The second-order valence-corrected chi connectivity index (χ2v) is 6.40. The summed E-state index contributed by atoms with van der Waals surface area (Å²) in [6, 6.07) is 10.0. The minimum atomic E-state index is -0.0257. The highest BCUT2D eigenvalue weighted by Gasteiger charge is 2.41. The molecule has 1 aromatic rings. The number of benzene rings is 1. The van der Waals surface area contributed by atoms with Crippen molar-refractivity contribution in [3.05, 3.63) is 30.3 Å². The molecule has 1 saturated carbocycles. The fourth-order valence-electron chi connectivity index (χ4n) is 2.85. The Bertz CT molecular complexity index is 452. The van der Waals surface area contributed by atoms with E-state index in [1.165, 1.54) is 0 Å². The number of hydrogen-bond acceptors (Lipinski definition) is 3. The van der Waals surface area contributed by atoms with Crippen LogP contribution < -0.4 is 4.74 Å². The van der Waals surface area contributed by atoms with E-state index < -0.39 is 0 Å². The Morgan fingerprint density at radius 3 is 2.63 bits per heavy atom. The SMILES string of the molecule is BrC1=NO[C@]2(CC[C@@H](COc3ccccc3)CC2)C1. The van der Waals surface area contributed by atoms with E-state index in [2.05, 4.69) is 21.1 Å². The van der Waals surface area contributed by atoms with Gasteiger partial charge in [0.25, 0.3) is 0 Å². The average Bonchev–Trinajstić information content (AvgIpc) is 2.81. The van der Waals surface area contributed by atoms with Crippen molar-refractivity contribution in [1.29, 1.82) is 0 Å². The molecular formula is C15H18BrNO2. The number of hydrogen-bond donors (Lipinski definition) is 0. The first-order valence-corrected chi connectivity index (χ1v) is 7.63. The van der Waals surface area contributed by atoms with Gasteiger partial charge in [-0.1, -0.05) is 23.4 Å². The van der Waals surface area contributed by atoms with Gasteiger partial charge >= 0.3 is 0 Å². The predicted octanol–water partition coefficient (Wildman–Crippen LogP) is 4.12. The van der Waals surface area contributed by atoms with Gasteiger partial charge in [-0.2, -0.15) is 0 Å². The van der Waals surface area contributed by atoms with Crippen LogP contribution in [0.25, 0.3) is 0 Å². The molecule has 1 aliphatic heterocycles. The lowest BCUT2D eigenvalue weighted by atomic mass is 9.78. The standard InChI is InChI=1S/C15H18BrNO2/c16-14-10-15(19-17-14)8-6-12(7-9-15)11-18-13-4-2-1-3-5-13/h1-5,12H,6-11H2/t12-,15+. The van der Waals surface area contributed by atoms with Crippen LogP contribution in [0.15, 0.2) is 35.5 Å². The number of nitrogens with zero attached hydrogens (tertiary/aromatic N) is 1. The minimum absolute atomic E-state index is 0.0257. The molecule has 0 aromatic heterocycles. The fourth-order valence-corrected chi connectivity index (χ4v) is 3.43. The first kappa shape index (κ1) is 13.0. The normalized spacial score (nSPS) is 29.9. The third-order valence-corrected chi connectivity index (χ3v) is 4.48. The molecular weight excluding hydrogens is 306 g/mol. The Morgan fingerprint density at radius 1 is 1.26 bits per heavy atom. The van der Waals surface area contributed by atoms with E-state index in [4.69, 9.17) is 9.57 Å². The summed E-state index contributed by atoms with van der Waals surface area (Å²) in [5, 5.41) is 4.03. The van der Waals surface area contributed by atoms with Crippen LogP contribution in [0.4, 0.5) is 0 Å². The summed E-state index contributed by atoms with van der Waals surface area (Å²) < 4.78 is 6.79. The van der Waals surface area contributed by atoms with Crippen LogP contribution in [0.5, 0.6) is 5.75 Å². The van der Waals surface area contributed by atoms with Crippen LogP contribution in [-0.2, 0) is 4.84 Å². The molecule has 3 nitrogen and oxygen atoms in total. The first-order chi connectivity index (χ1) is 9.26. The number of halogens is 1. The van der Waals surface area contributed by atoms with Crippen molar-refractivity contribution in [1.82, 2.24) is 0 Å². The molecule has 0 radical (unpaired) electrons. The maximum Gasteiger partial charge on any atom is 0.144 e. The molecule has 1 fully saturated rings. The van der Waals surface area contributed by atoms with Gasteiger partial charge in [-0.3, -0.25) is 0 Å². The van der Waals surface area contributed by atoms with Crippen LogP contribution in [-0.4, -0.2) is 16.8 Å². The zero-order valence-electron chi connectivity index (χ0n) is 10.8. The quantitative estimate of drug-likeness (QED) is 0.837. The fraction of sp³-hybridized carbons (Fsp3) is 0.533. The highest BCUT2D eigenvalue weighted by Crippen LogP contribution is 2.41. The highest BCUT2D eigenvalue weighted by atomic mass is 79.9. The van der Waals surface area contributed by atoms with E-state index in [-0.39, 0.29) is 5.60 Å². The summed E-state index contributed by atoms with van der Waals surface area (Å²) in [5.41, 5.74) is -0.0257. The van der Waals surface area contributed by atoms with Crippen molar-refractivity contribution < 1.29 is 9.57 Å². The molecule has 0 N–H and O–H groups in total. The Labute approximate surface area is 122 Å². The largest absolute Gasteiger partial charge is 0.493 e. The van der Waals surface area contributed by atoms with Crippen molar-refractivity contribution in [3.8, 4) is 5.75 Å². The summed E-state index contributed by atoms with van der Waals surface area (Å²) >= 11 is 3.43. The number of para-hydroxylation sites is 1. The molecule has 1 aliphatic carbocycles. The van der Waals surface area contributed by atoms with Gasteiger partial charge in [-0.05, 0) is 59.7 Å². The maximum atomic E-state index is 5.84. The van der Waals surface area contributed by atoms with Crippen molar-refractivity contribution in [2.75, 3.05) is 6.61 Å². The van der Waals surface area contributed by atoms with Gasteiger partial charge in [0, 0.05) is 6.42 Å². The van der Waals surface area contributed by atoms with Gasteiger partial charge in [-0.15, -0.1) is 0 Å². The van der Waals surface area contributed by atoms with Gasteiger partial charge in [0.2, 0.25) is 0 Å². The maximum absolute atomic E-state index is 5.84. The molecule has 4 heteroatoms. The zero-order chi connectivity index (χ0) is 13.1. The molecule has 0 unspecified atom stereocenters. The van der Waals surface area contributed by atoms with Gasteiger partial charge in [0.1, 0.15) is 16.0 Å². The molecule has 0 saturated heterocycles. The molecule has 19 heavy (non-hydrogen) atoms. The molecule has 3 rings (SSSR count). The molecule has 102 valence electrons. The van der Waals surface area contributed by atoms with Gasteiger partial charge < -0.3 is 9.57 Å². The zero-order valence-corrected chi connectivity index (χ0v) is 12.4. The Morgan fingerprint density at radius 2 is 2.00 bits per heavy atom. The second kappa shape index (κ2) is 5.53. The lowest BCUT2D eigenvalue weighted by Crippen LogP contribution is -2.35. The number of oxime groups is 1. The van der Waals surface area contributed by atoms with E-state index in [9.17, 15) is 0 Å². The van der Waals surface area contributed by atoms with Gasteiger partial charge in [0.05, 0.1) is 6.61 Å². The van der Waals surface area contributed by atoms with Crippen LogP contribution >= 0.6 is 15.9 Å². The van der Waals surface area contributed by atoms with Crippen molar-refractivity contribution >= 4 is 20.6 Å². The monoisotopic (exact) mass is 323 g/mol. The van der Waals surface area contributed by atoms with Crippen molar-refractivity contribution in [2.24, 2.45) is 11.1 Å². The summed E-state index contributed by atoms with van der Waals surface area (Å²) in [5.74, 6) is 1.60. The lowest BCUT2D eigenvalue weighted by molar-refractivity contribution is -0.0573. The van der Waals surface area contributed by atoms with Crippen LogP contribution in [0.2, 0.25) is 0 Å². The minimum Gasteiger partial charge on any atom is -0.493 e. The Kier molecular flexibility index (Phi) is 3.78. The number of ether oxygens (including phenoxy) is 1.